The number of hydrogen-bond acceptors (Lipinski definition) is 4. The fourth-order valence-corrected chi connectivity index (χ4v) is 1.77. The zero-order valence-electron chi connectivity index (χ0n) is 9.44. The summed E-state index contributed by atoms with van der Waals surface area (Å²) < 4.78 is 0. The minimum atomic E-state index is 0.565. The van der Waals surface area contributed by atoms with Crippen LogP contribution in [-0.2, 0) is 13.1 Å². The van der Waals surface area contributed by atoms with E-state index >= 15 is 0 Å². The predicted molar refractivity (Wildman–Crippen MR) is 66.8 cm³/mol. The average molecular weight is 225 g/mol. The van der Waals surface area contributed by atoms with Crippen LogP contribution in [0, 0.1) is 0 Å². The molecule has 0 aliphatic heterocycles. The largest absolute Gasteiger partial charge is 0.326 e. The fourth-order valence-electron chi connectivity index (χ4n) is 1.27. The van der Waals surface area contributed by atoms with Crippen molar-refractivity contribution in [1.82, 2.24) is 9.88 Å². The first-order chi connectivity index (χ1) is 7.26. The molecule has 0 fully saturated rings. The van der Waals surface area contributed by atoms with Crippen LogP contribution < -0.4 is 5.73 Å². The van der Waals surface area contributed by atoms with Gasteiger partial charge in [-0.25, -0.2) is 0 Å². The Bertz CT molecular complexity index is 274. The van der Waals surface area contributed by atoms with E-state index in [1.54, 1.807) is 0 Å². The number of hydrogen-bond donors (Lipinski definition) is 1. The second-order valence-electron chi connectivity index (χ2n) is 3.59. The Morgan fingerprint density at radius 1 is 1.47 bits per heavy atom. The van der Waals surface area contributed by atoms with Crippen molar-refractivity contribution in [2.24, 2.45) is 5.73 Å². The molecule has 84 valence electrons. The predicted octanol–water partition coefficient (Wildman–Crippen LogP) is 1.34. The lowest BCUT2D eigenvalue weighted by Gasteiger charge is -2.15. The third-order valence-corrected chi connectivity index (χ3v) is 2.82. The normalized spacial score (nSPS) is 10.9. The van der Waals surface area contributed by atoms with Crippen LogP contribution in [-0.4, -0.2) is 35.5 Å². The van der Waals surface area contributed by atoms with E-state index in [1.807, 2.05) is 24.0 Å². The van der Waals surface area contributed by atoms with Gasteiger partial charge < -0.3 is 5.73 Å². The molecule has 0 radical (unpaired) electrons. The van der Waals surface area contributed by atoms with Gasteiger partial charge in [0.05, 0.1) is 5.69 Å². The summed E-state index contributed by atoms with van der Waals surface area (Å²) in [7, 11) is 2.12. The SMILES string of the molecule is CSCCN(C)Cc1ccc(CN)cn1. The molecule has 0 spiro atoms. The summed E-state index contributed by atoms with van der Waals surface area (Å²) in [6.45, 7) is 2.57. The van der Waals surface area contributed by atoms with Gasteiger partial charge in [-0.3, -0.25) is 9.88 Å². The Balaban J connectivity index is 2.42. The van der Waals surface area contributed by atoms with Crippen LogP contribution in [0.1, 0.15) is 11.3 Å². The molecule has 0 unspecified atom stereocenters. The lowest BCUT2D eigenvalue weighted by molar-refractivity contribution is 0.344. The minimum Gasteiger partial charge on any atom is -0.326 e. The van der Waals surface area contributed by atoms with E-state index in [9.17, 15) is 0 Å². The minimum absolute atomic E-state index is 0.565. The number of nitrogens with two attached hydrogens (primary N) is 1. The number of thioether (sulfide) groups is 1. The van der Waals surface area contributed by atoms with Crippen molar-refractivity contribution < 1.29 is 0 Å². The van der Waals surface area contributed by atoms with Crippen LogP contribution in [0.3, 0.4) is 0 Å². The smallest absolute Gasteiger partial charge is 0.0544 e. The van der Waals surface area contributed by atoms with Crippen molar-refractivity contribution in [2.75, 3.05) is 25.6 Å². The molecule has 4 heteroatoms. The van der Waals surface area contributed by atoms with Crippen LogP contribution in [0.2, 0.25) is 0 Å². The highest BCUT2D eigenvalue weighted by molar-refractivity contribution is 7.98. The van der Waals surface area contributed by atoms with Gasteiger partial charge in [-0.15, -0.1) is 0 Å². The quantitative estimate of drug-likeness (QED) is 0.793. The highest BCUT2D eigenvalue weighted by Crippen LogP contribution is 2.03. The molecule has 0 aromatic carbocycles. The Kier molecular flexibility index (Phi) is 5.68. The topological polar surface area (TPSA) is 42.1 Å². The maximum absolute atomic E-state index is 5.51. The van der Waals surface area contributed by atoms with Crippen LogP contribution >= 0.6 is 11.8 Å². The number of nitrogens with zero attached hydrogens (tertiary/aromatic N) is 2. The summed E-state index contributed by atoms with van der Waals surface area (Å²) in [4.78, 5) is 6.65. The zero-order chi connectivity index (χ0) is 11.1. The van der Waals surface area contributed by atoms with E-state index in [2.05, 4.69) is 29.3 Å². The lowest BCUT2D eigenvalue weighted by atomic mass is 10.2. The molecule has 3 nitrogen and oxygen atoms in total. The third-order valence-electron chi connectivity index (χ3n) is 2.23. The van der Waals surface area contributed by atoms with Crippen molar-refractivity contribution in [2.45, 2.75) is 13.1 Å². The molecule has 15 heavy (non-hydrogen) atoms. The molecule has 2 N–H and O–H groups in total. The van der Waals surface area contributed by atoms with Crippen LogP contribution in [0.25, 0.3) is 0 Å². The third kappa shape index (κ3) is 4.64. The van der Waals surface area contributed by atoms with Gasteiger partial charge in [0.2, 0.25) is 0 Å². The molecular weight excluding hydrogens is 206 g/mol. The summed E-state index contributed by atoms with van der Waals surface area (Å²) in [6.07, 6.45) is 3.99. The van der Waals surface area contributed by atoms with Gasteiger partial charge in [-0.05, 0) is 24.9 Å². The molecule has 0 saturated heterocycles. The maximum atomic E-state index is 5.51. The van der Waals surface area contributed by atoms with Gasteiger partial charge >= 0.3 is 0 Å². The molecule has 0 aliphatic rings. The molecule has 0 bridgehead atoms. The van der Waals surface area contributed by atoms with Crippen molar-refractivity contribution in [3.63, 3.8) is 0 Å². The zero-order valence-corrected chi connectivity index (χ0v) is 10.3. The van der Waals surface area contributed by atoms with Crippen molar-refractivity contribution in [1.29, 1.82) is 0 Å². The van der Waals surface area contributed by atoms with Gasteiger partial charge in [0.1, 0.15) is 0 Å². The van der Waals surface area contributed by atoms with Crippen LogP contribution in [0.5, 0.6) is 0 Å². The first kappa shape index (κ1) is 12.5. The Morgan fingerprint density at radius 2 is 2.27 bits per heavy atom. The van der Waals surface area contributed by atoms with Crippen molar-refractivity contribution >= 4 is 11.8 Å². The van der Waals surface area contributed by atoms with Crippen molar-refractivity contribution in [3.05, 3.63) is 29.6 Å². The summed E-state index contributed by atoms with van der Waals surface area (Å²) >= 11 is 1.87. The number of aromatic nitrogens is 1. The summed E-state index contributed by atoms with van der Waals surface area (Å²) in [5.74, 6) is 1.16. The summed E-state index contributed by atoms with van der Waals surface area (Å²) in [5, 5.41) is 0. The van der Waals surface area contributed by atoms with E-state index in [0.717, 1.165) is 30.1 Å². The van der Waals surface area contributed by atoms with E-state index in [1.165, 1.54) is 0 Å². The van der Waals surface area contributed by atoms with Gasteiger partial charge in [0.25, 0.3) is 0 Å². The van der Waals surface area contributed by atoms with E-state index < -0.39 is 0 Å². The Hall–Kier alpha value is -0.580. The van der Waals surface area contributed by atoms with Gasteiger partial charge in [0.15, 0.2) is 0 Å². The first-order valence-corrected chi connectivity index (χ1v) is 6.47. The van der Waals surface area contributed by atoms with E-state index in [-0.39, 0.29) is 0 Å². The second-order valence-corrected chi connectivity index (χ2v) is 4.58. The number of rotatable bonds is 6. The van der Waals surface area contributed by atoms with Gasteiger partial charge in [-0.1, -0.05) is 6.07 Å². The first-order valence-electron chi connectivity index (χ1n) is 5.07. The standard InChI is InChI=1S/C11H19N3S/c1-14(5-6-15-2)9-11-4-3-10(7-12)8-13-11/h3-4,8H,5-7,9,12H2,1-2H3. The second kappa shape index (κ2) is 6.82. The highest BCUT2D eigenvalue weighted by Gasteiger charge is 2.00. The molecule has 0 atom stereocenters. The summed E-state index contributed by atoms with van der Waals surface area (Å²) in [5.41, 5.74) is 7.71. The van der Waals surface area contributed by atoms with Crippen molar-refractivity contribution in [3.8, 4) is 0 Å². The van der Waals surface area contributed by atoms with Crippen LogP contribution in [0.15, 0.2) is 18.3 Å². The van der Waals surface area contributed by atoms with Gasteiger partial charge in [-0.2, -0.15) is 11.8 Å². The molecule has 1 aromatic heterocycles. The monoisotopic (exact) mass is 225 g/mol. The van der Waals surface area contributed by atoms with E-state index in [4.69, 9.17) is 5.73 Å². The van der Waals surface area contributed by atoms with E-state index in [0.29, 0.717) is 6.54 Å². The lowest BCUT2D eigenvalue weighted by Crippen LogP contribution is -2.21. The Morgan fingerprint density at radius 3 is 2.80 bits per heavy atom. The molecule has 1 heterocycles. The highest BCUT2D eigenvalue weighted by atomic mass is 32.2. The molecule has 0 amide bonds. The molecule has 0 saturated carbocycles. The Labute approximate surface area is 96.1 Å². The summed E-state index contributed by atoms with van der Waals surface area (Å²) in [6, 6.07) is 4.10. The maximum Gasteiger partial charge on any atom is 0.0544 e. The van der Waals surface area contributed by atoms with Crippen LogP contribution in [0.4, 0.5) is 0 Å². The number of pyridine rings is 1. The molecular formula is C11H19N3S. The fraction of sp³-hybridized carbons (Fsp3) is 0.545. The molecule has 0 aliphatic carbocycles. The van der Waals surface area contributed by atoms with Gasteiger partial charge in [0, 0.05) is 31.6 Å². The average Bonchev–Trinajstić information content (AvgIpc) is 2.27. The molecule has 1 rings (SSSR count). The molecule has 1 aromatic rings.